The summed E-state index contributed by atoms with van der Waals surface area (Å²) in [4.78, 5) is 15.4. The van der Waals surface area contributed by atoms with Gasteiger partial charge in [-0.2, -0.15) is 0 Å². The van der Waals surface area contributed by atoms with Crippen LogP contribution in [0.5, 0.6) is 0 Å². The van der Waals surface area contributed by atoms with E-state index in [-0.39, 0.29) is 23.3 Å². The summed E-state index contributed by atoms with van der Waals surface area (Å²) < 4.78 is 5.24. The number of benzene rings is 1. The molecule has 1 spiro atoms. The van der Waals surface area contributed by atoms with Crippen molar-refractivity contribution in [1.82, 2.24) is 4.90 Å². The van der Waals surface area contributed by atoms with E-state index >= 15 is 0 Å². The number of methoxy groups -OCH3 is 1. The van der Waals surface area contributed by atoms with Gasteiger partial charge in [-0.05, 0) is 36.8 Å². The molecule has 5 aliphatic rings. The second kappa shape index (κ2) is 4.52. The molecular weight excluding hydrogens is 328 g/mol. The molecule has 0 amide bonds. The van der Waals surface area contributed by atoms with Crippen LogP contribution < -0.4 is 5.32 Å². The molecule has 0 radical (unpaired) electrons. The Hall–Kier alpha value is -1.85. The average Bonchev–Trinajstić information content (AvgIpc) is 3.34. The molecule has 6 atom stereocenters. The first-order valence-electron chi connectivity index (χ1n) is 9.74. The van der Waals surface area contributed by atoms with Crippen LogP contribution in [0.3, 0.4) is 0 Å². The number of fused-ring (bicyclic) bond motifs is 2. The van der Waals surface area contributed by atoms with Crippen LogP contribution in [0.4, 0.5) is 5.69 Å². The molecular formula is C21H24N2O3. The predicted octanol–water partition coefficient (Wildman–Crippen LogP) is 2.02. The number of piperidine rings is 1. The van der Waals surface area contributed by atoms with E-state index in [1.807, 2.05) is 6.07 Å². The number of carbonyl (C=O) groups excluding carboxylic acids is 1. The molecule has 0 aromatic heterocycles. The van der Waals surface area contributed by atoms with Crippen LogP contribution in [-0.2, 0) is 14.9 Å². The molecule has 2 aliphatic carbocycles. The Kier molecular flexibility index (Phi) is 2.65. The van der Waals surface area contributed by atoms with Crippen LogP contribution >= 0.6 is 0 Å². The van der Waals surface area contributed by atoms with Crippen molar-refractivity contribution in [2.45, 2.75) is 49.3 Å². The quantitative estimate of drug-likeness (QED) is 0.798. The van der Waals surface area contributed by atoms with Gasteiger partial charge in [-0.1, -0.05) is 25.1 Å². The lowest BCUT2D eigenvalue weighted by Gasteiger charge is -2.45. The molecule has 3 fully saturated rings. The number of esters is 1. The fraction of sp³-hybridized carbons (Fsp3) is 0.571. The zero-order valence-corrected chi connectivity index (χ0v) is 15.2. The molecule has 1 aromatic carbocycles. The maximum atomic E-state index is 12.9. The van der Waals surface area contributed by atoms with Gasteiger partial charge in [0.25, 0.3) is 0 Å². The highest BCUT2D eigenvalue weighted by Crippen LogP contribution is 2.70. The number of anilines is 1. The molecule has 5 nitrogen and oxygen atoms in total. The maximum absolute atomic E-state index is 12.9. The summed E-state index contributed by atoms with van der Waals surface area (Å²) in [5.41, 5.74) is 3.44. The van der Waals surface area contributed by atoms with Gasteiger partial charge in [-0.3, -0.25) is 4.90 Å². The van der Waals surface area contributed by atoms with Crippen molar-refractivity contribution in [2.24, 2.45) is 11.8 Å². The van der Waals surface area contributed by atoms with Crippen molar-refractivity contribution in [3.63, 3.8) is 0 Å². The van der Waals surface area contributed by atoms with Crippen molar-refractivity contribution >= 4 is 11.7 Å². The summed E-state index contributed by atoms with van der Waals surface area (Å²) in [7, 11) is 1.47. The van der Waals surface area contributed by atoms with Crippen LogP contribution in [0.2, 0.25) is 0 Å². The molecule has 5 heteroatoms. The number of ether oxygens (including phenoxy) is 1. The first-order valence-corrected chi connectivity index (χ1v) is 9.74. The number of aliphatic hydroxyl groups is 1. The maximum Gasteiger partial charge on any atom is 0.335 e. The van der Waals surface area contributed by atoms with Gasteiger partial charge >= 0.3 is 5.97 Å². The van der Waals surface area contributed by atoms with Gasteiger partial charge in [0.05, 0.1) is 23.7 Å². The molecule has 4 bridgehead atoms. The molecule has 3 heterocycles. The Morgan fingerprint density at radius 3 is 2.96 bits per heavy atom. The topological polar surface area (TPSA) is 61.8 Å². The minimum atomic E-state index is -0.699. The van der Waals surface area contributed by atoms with E-state index in [0.29, 0.717) is 12.0 Å². The van der Waals surface area contributed by atoms with Crippen molar-refractivity contribution in [2.75, 3.05) is 19.0 Å². The second-order valence-electron chi connectivity index (χ2n) is 8.65. The summed E-state index contributed by atoms with van der Waals surface area (Å²) in [6.45, 7) is 3.05. The Morgan fingerprint density at radius 1 is 1.38 bits per heavy atom. The van der Waals surface area contributed by atoms with Crippen LogP contribution in [-0.4, -0.2) is 47.3 Å². The monoisotopic (exact) mass is 352 g/mol. The third kappa shape index (κ3) is 1.37. The van der Waals surface area contributed by atoms with Gasteiger partial charge in [0.15, 0.2) is 0 Å². The number of hydrogen-bond donors (Lipinski definition) is 2. The Balaban J connectivity index is 1.65. The van der Waals surface area contributed by atoms with Gasteiger partial charge < -0.3 is 15.2 Å². The molecule has 6 rings (SSSR count). The van der Waals surface area contributed by atoms with Gasteiger partial charge in [-0.15, -0.1) is 0 Å². The standard InChI is InChI=1S/C21H24N2O3/c1-3-20(25)10-11-14-15(19(24)26-2)16-21(8-9-23(17(11)21)18(14)20)12-6-4-5-7-13(12)22-16/h4-7,11,14,17-18,22,25H,3,8-10H2,1-2H3/t11-,14-,17-,18-,20-,21-/m0/s1. The van der Waals surface area contributed by atoms with Crippen molar-refractivity contribution < 1.29 is 14.6 Å². The number of carbonyl (C=O) groups is 1. The molecule has 136 valence electrons. The zero-order chi connectivity index (χ0) is 17.8. The number of hydrogen-bond acceptors (Lipinski definition) is 5. The molecule has 2 saturated heterocycles. The summed E-state index contributed by atoms with van der Waals surface area (Å²) in [5.74, 6) is 0.160. The van der Waals surface area contributed by atoms with Gasteiger partial charge in [0, 0.05) is 35.9 Å². The van der Waals surface area contributed by atoms with E-state index in [9.17, 15) is 9.90 Å². The van der Waals surface area contributed by atoms with Crippen LogP contribution in [0, 0.1) is 11.8 Å². The number of nitrogens with one attached hydrogen (secondary N) is 1. The number of rotatable bonds is 2. The summed E-state index contributed by atoms with van der Waals surface area (Å²) in [5, 5.41) is 15.0. The lowest BCUT2D eigenvalue weighted by Crippen LogP contribution is -2.55. The van der Waals surface area contributed by atoms with Crippen LogP contribution in [0.25, 0.3) is 0 Å². The van der Waals surface area contributed by atoms with Gasteiger partial charge in [0.1, 0.15) is 0 Å². The van der Waals surface area contributed by atoms with Gasteiger partial charge in [-0.25, -0.2) is 4.79 Å². The zero-order valence-electron chi connectivity index (χ0n) is 15.2. The second-order valence-corrected chi connectivity index (χ2v) is 8.65. The molecule has 1 aromatic rings. The number of nitrogens with zero attached hydrogens (tertiary/aromatic N) is 1. The molecule has 3 aliphatic heterocycles. The van der Waals surface area contributed by atoms with E-state index in [4.69, 9.17) is 4.74 Å². The molecule has 26 heavy (non-hydrogen) atoms. The average molecular weight is 352 g/mol. The van der Waals surface area contributed by atoms with E-state index in [1.165, 1.54) is 12.7 Å². The summed E-state index contributed by atoms with van der Waals surface area (Å²) in [6, 6.07) is 8.88. The summed E-state index contributed by atoms with van der Waals surface area (Å²) in [6.07, 6.45) is 2.52. The van der Waals surface area contributed by atoms with E-state index in [0.717, 1.165) is 42.8 Å². The lowest BCUT2D eigenvalue weighted by molar-refractivity contribution is -0.137. The lowest BCUT2D eigenvalue weighted by atomic mass is 9.62. The SMILES string of the molecule is CC[C@]1(O)C[C@H]2[C@H]3C(C(=O)OC)=C4Nc5ccccc5[C@@]45CCN([C@@H]31)[C@@H]25. The Bertz CT molecular complexity index is 880. The smallest absolute Gasteiger partial charge is 0.335 e. The number of para-hydroxylation sites is 1. The Morgan fingerprint density at radius 2 is 2.19 bits per heavy atom. The van der Waals surface area contributed by atoms with Crippen LogP contribution in [0.1, 0.15) is 31.7 Å². The van der Waals surface area contributed by atoms with Crippen molar-refractivity contribution in [3.8, 4) is 0 Å². The fourth-order valence-corrected chi connectivity index (χ4v) is 7.32. The highest BCUT2D eigenvalue weighted by Gasteiger charge is 2.76. The molecule has 0 unspecified atom stereocenters. The first-order chi connectivity index (χ1) is 12.6. The third-order valence-corrected chi connectivity index (χ3v) is 8.06. The van der Waals surface area contributed by atoms with Crippen molar-refractivity contribution in [3.05, 3.63) is 41.1 Å². The highest BCUT2D eigenvalue weighted by molar-refractivity contribution is 5.94. The first kappa shape index (κ1) is 15.2. The van der Waals surface area contributed by atoms with Crippen LogP contribution in [0.15, 0.2) is 35.5 Å². The summed E-state index contributed by atoms with van der Waals surface area (Å²) >= 11 is 0. The fourth-order valence-electron chi connectivity index (χ4n) is 7.32. The van der Waals surface area contributed by atoms with Crippen molar-refractivity contribution in [1.29, 1.82) is 0 Å². The Labute approximate surface area is 153 Å². The minimum Gasteiger partial charge on any atom is -0.466 e. The normalized spacial score (nSPS) is 44.1. The van der Waals surface area contributed by atoms with E-state index in [2.05, 4.69) is 35.3 Å². The minimum absolute atomic E-state index is 0.0306. The van der Waals surface area contributed by atoms with E-state index in [1.54, 1.807) is 0 Å². The largest absolute Gasteiger partial charge is 0.466 e. The predicted molar refractivity (Wildman–Crippen MR) is 96.5 cm³/mol. The van der Waals surface area contributed by atoms with E-state index < -0.39 is 5.60 Å². The third-order valence-electron chi connectivity index (χ3n) is 8.06. The molecule has 2 N–H and O–H groups in total. The van der Waals surface area contributed by atoms with Gasteiger partial charge in [0.2, 0.25) is 0 Å². The highest BCUT2D eigenvalue weighted by atomic mass is 16.5. The molecule has 1 saturated carbocycles.